The maximum atomic E-state index is 12.1. The van der Waals surface area contributed by atoms with Crippen LogP contribution < -0.4 is 16.4 Å². The van der Waals surface area contributed by atoms with Gasteiger partial charge in [0.15, 0.2) is 0 Å². The van der Waals surface area contributed by atoms with E-state index >= 15 is 0 Å². The van der Waals surface area contributed by atoms with Crippen molar-refractivity contribution < 1.29 is 18.0 Å². The molecule has 0 saturated heterocycles. The maximum Gasteiger partial charge on any atom is 0.243 e. The van der Waals surface area contributed by atoms with Crippen molar-refractivity contribution in [3.05, 3.63) is 29.3 Å². The summed E-state index contributed by atoms with van der Waals surface area (Å²) in [5.41, 5.74) is 8.17. The molecular weight excluding hydrogens is 356 g/mol. The van der Waals surface area contributed by atoms with Crippen LogP contribution in [0.15, 0.2) is 18.2 Å². The van der Waals surface area contributed by atoms with Crippen LogP contribution in [0.1, 0.15) is 25.0 Å². The Bertz CT molecular complexity index is 792. The maximum absolute atomic E-state index is 12.1. The van der Waals surface area contributed by atoms with Crippen LogP contribution in [0.25, 0.3) is 0 Å². The molecule has 0 radical (unpaired) electrons. The van der Waals surface area contributed by atoms with Gasteiger partial charge in [-0.05, 0) is 29.5 Å². The van der Waals surface area contributed by atoms with Gasteiger partial charge in [0.25, 0.3) is 0 Å². The summed E-state index contributed by atoms with van der Waals surface area (Å²) in [4.78, 5) is 24.0. The highest BCUT2D eigenvalue weighted by atomic mass is 32.2. The highest BCUT2D eigenvalue weighted by Crippen LogP contribution is 2.27. The summed E-state index contributed by atoms with van der Waals surface area (Å²) in [6.07, 6.45) is 1.71. The Labute approximate surface area is 154 Å². The molecule has 0 saturated carbocycles. The number of rotatable bonds is 6. The number of fused-ring (bicyclic) bond motifs is 1. The second-order valence-corrected chi connectivity index (χ2v) is 8.81. The molecule has 26 heavy (non-hydrogen) atoms. The van der Waals surface area contributed by atoms with E-state index in [1.54, 1.807) is 12.1 Å². The third kappa shape index (κ3) is 5.03. The van der Waals surface area contributed by atoms with E-state index in [2.05, 4.69) is 10.6 Å². The summed E-state index contributed by atoms with van der Waals surface area (Å²) < 4.78 is 24.8. The van der Waals surface area contributed by atoms with Crippen molar-refractivity contribution >= 4 is 27.5 Å². The normalized spacial score (nSPS) is 16.0. The van der Waals surface area contributed by atoms with Crippen molar-refractivity contribution in [3.63, 3.8) is 0 Å². The molecule has 1 aliphatic heterocycles. The summed E-state index contributed by atoms with van der Waals surface area (Å²) >= 11 is 0. The Hall–Kier alpha value is -1.97. The summed E-state index contributed by atoms with van der Waals surface area (Å²) in [6.45, 7) is 4.16. The lowest BCUT2D eigenvalue weighted by Gasteiger charge is -2.28. The van der Waals surface area contributed by atoms with Crippen molar-refractivity contribution in [2.45, 2.75) is 32.9 Å². The fraction of sp³-hybridized carbons (Fsp3) is 0.529. The van der Waals surface area contributed by atoms with Gasteiger partial charge in [0.2, 0.25) is 21.8 Å². The van der Waals surface area contributed by atoms with Crippen LogP contribution in [0.4, 0.5) is 5.69 Å². The van der Waals surface area contributed by atoms with Crippen LogP contribution in [-0.4, -0.2) is 49.9 Å². The minimum atomic E-state index is -3.25. The minimum absolute atomic E-state index is 0.0167. The zero-order chi connectivity index (χ0) is 19.5. The molecule has 1 aromatic carbocycles. The summed E-state index contributed by atoms with van der Waals surface area (Å²) in [7, 11) is -3.25. The van der Waals surface area contributed by atoms with Gasteiger partial charge in [-0.3, -0.25) is 9.59 Å². The Morgan fingerprint density at radius 2 is 2.00 bits per heavy atom. The average Bonchev–Trinajstić information content (AvgIpc) is 2.57. The fourth-order valence-electron chi connectivity index (χ4n) is 2.77. The number of nitrogens with zero attached hydrogens (tertiary/aromatic N) is 1. The predicted octanol–water partition coefficient (Wildman–Crippen LogP) is 0.0423. The lowest BCUT2D eigenvalue weighted by molar-refractivity contribution is -0.125. The number of sulfonamides is 1. The van der Waals surface area contributed by atoms with E-state index in [0.717, 1.165) is 11.1 Å². The van der Waals surface area contributed by atoms with Crippen molar-refractivity contribution in [1.29, 1.82) is 0 Å². The first kappa shape index (κ1) is 20.3. The second kappa shape index (κ2) is 8.15. The van der Waals surface area contributed by atoms with Crippen molar-refractivity contribution in [1.82, 2.24) is 9.62 Å². The number of nitrogens with one attached hydrogen (secondary N) is 2. The van der Waals surface area contributed by atoms with Gasteiger partial charge < -0.3 is 16.4 Å². The number of benzene rings is 1. The molecule has 0 fully saturated rings. The second-order valence-electron chi connectivity index (χ2n) is 6.83. The van der Waals surface area contributed by atoms with Crippen molar-refractivity contribution in [2.24, 2.45) is 11.7 Å². The molecule has 0 bridgehead atoms. The zero-order valence-electron chi connectivity index (χ0n) is 15.3. The van der Waals surface area contributed by atoms with Gasteiger partial charge in [0, 0.05) is 18.8 Å². The standard InChI is InChI=1S/C17H26N4O4S/c1-11(2)16(18)17(23)19-9-15(22)20-14-6-4-5-12-10-21(26(3,24)25)8-7-13(12)14/h4-6,11,16H,7-10,18H2,1-3H3,(H,19,23)(H,20,22)/t16-/m0/s1. The minimum Gasteiger partial charge on any atom is -0.346 e. The number of hydrogen-bond acceptors (Lipinski definition) is 5. The molecule has 0 aliphatic carbocycles. The number of amides is 2. The molecule has 2 amide bonds. The van der Waals surface area contributed by atoms with Gasteiger partial charge in [0.1, 0.15) is 0 Å². The van der Waals surface area contributed by atoms with Gasteiger partial charge in [-0.1, -0.05) is 26.0 Å². The van der Waals surface area contributed by atoms with E-state index in [9.17, 15) is 18.0 Å². The van der Waals surface area contributed by atoms with Crippen LogP contribution in [0.2, 0.25) is 0 Å². The highest BCUT2D eigenvalue weighted by Gasteiger charge is 2.25. The number of carbonyl (C=O) groups excluding carboxylic acids is 2. The molecule has 4 N–H and O–H groups in total. The van der Waals surface area contributed by atoms with E-state index in [4.69, 9.17) is 5.73 Å². The molecule has 1 aliphatic rings. The largest absolute Gasteiger partial charge is 0.346 e. The quantitative estimate of drug-likeness (QED) is 0.641. The van der Waals surface area contributed by atoms with E-state index in [1.807, 2.05) is 19.9 Å². The molecule has 0 unspecified atom stereocenters. The summed E-state index contributed by atoms with van der Waals surface area (Å²) in [6, 6.07) is 4.74. The van der Waals surface area contributed by atoms with Crippen LogP contribution in [0, 0.1) is 5.92 Å². The number of carbonyl (C=O) groups is 2. The first-order chi connectivity index (χ1) is 12.1. The topological polar surface area (TPSA) is 122 Å². The lowest BCUT2D eigenvalue weighted by atomic mass is 9.99. The Kier molecular flexibility index (Phi) is 6.38. The third-order valence-electron chi connectivity index (χ3n) is 4.42. The average molecular weight is 382 g/mol. The molecule has 0 spiro atoms. The van der Waals surface area contributed by atoms with E-state index < -0.39 is 16.1 Å². The fourth-order valence-corrected chi connectivity index (χ4v) is 3.56. The van der Waals surface area contributed by atoms with Crippen LogP contribution in [-0.2, 0) is 32.6 Å². The molecule has 144 valence electrons. The SMILES string of the molecule is CC(C)[C@H](N)C(=O)NCC(=O)Nc1cccc2c1CCN(S(C)(=O)=O)C2. The van der Waals surface area contributed by atoms with Gasteiger partial charge in [-0.15, -0.1) is 0 Å². The monoisotopic (exact) mass is 382 g/mol. The predicted molar refractivity (Wildman–Crippen MR) is 99.9 cm³/mol. The number of hydrogen-bond donors (Lipinski definition) is 3. The molecular formula is C17H26N4O4S. The first-order valence-corrected chi connectivity index (χ1v) is 10.3. The van der Waals surface area contributed by atoms with E-state index in [-0.39, 0.29) is 30.8 Å². The third-order valence-corrected chi connectivity index (χ3v) is 5.67. The summed E-state index contributed by atoms with van der Waals surface area (Å²) in [5, 5.41) is 5.31. The van der Waals surface area contributed by atoms with Crippen LogP contribution in [0.5, 0.6) is 0 Å². The molecule has 1 aromatic rings. The summed E-state index contributed by atoms with van der Waals surface area (Å²) in [5.74, 6) is -0.737. The van der Waals surface area contributed by atoms with E-state index in [1.165, 1.54) is 10.6 Å². The molecule has 8 nitrogen and oxygen atoms in total. The van der Waals surface area contributed by atoms with Gasteiger partial charge in [-0.25, -0.2) is 8.42 Å². The number of nitrogens with two attached hydrogens (primary N) is 1. The first-order valence-electron chi connectivity index (χ1n) is 8.48. The smallest absolute Gasteiger partial charge is 0.243 e. The van der Waals surface area contributed by atoms with Gasteiger partial charge >= 0.3 is 0 Å². The molecule has 0 aromatic heterocycles. The van der Waals surface area contributed by atoms with Gasteiger partial charge in [-0.2, -0.15) is 4.31 Å². The van der Waals surface area contributed by atoms with E-state index in [0.29, 0.717) is 18.7 Å². The van der Waals surface area contributed by atoms with Crippen molar-refractivity contribution in [3.8, 4) is 0 Å². The number of anilines is 1. The molecule has 1 heterocycles. The molecule has 9 heteroatoms. The van der Waals surface area contributed by atoms with Crippen LogP contribution in [0.3, 0.4) is 0 Å². The molecule has 1 atom stereocenters. The Balaban J connectivity index is 2.01. The lowest BCUT2D eigenvalue weighted by Crippen LogP contribution is -2.46. The Morgan fingerprint density at radius 1 is 1.31 bits per heavy atom. The van der Waals surface area contributed by atoms with Crippen LogP contribution >= 0.6 is 0 Å². The highest BCUT2D eigenvalue weighted by molar-refractivity contribution is 7.88. The molecule has 2 rings (SSSR count). The Morgan fingerprint density at radius 3 is 2.62 bits per heavy atom. The zero-order valence-corrected chi connectivity index (χ0v) is 16.1. The van der Waals surface area contributed by atoms with Gasteiger partial charge in [0.05, 0.1) is 18.8 Å². The van der Waals surface area contributed by atoms with Crippen molar-refractivity contribution in [2.75, 3.05) is 24.7 Å².